The molecule has 0 aliphatic rings. The van der Waals surface area contributed by atoms with E-state index >= 15 is 0 Å². The third-order valence-corrected chi connectivity index (χ3v) is 5.97. The summed E-state index contributed by atoms with van der Waals surface area (Å²) in [6.07, 6.45) is -2.82. The van der Waals surface area contributed by atoms with E-state index in [-0.39, 0.29) is 16.2 Å². The summed E-state index contributed by atoms with van der Waals surface area (Å²) >= 11 is 0. The van der Waals surface area contributed by atoms with E-state index in [9.17, 15) is 17.2 Å². The lowest BCUT2D eigenvalue weighted by Gasteiger charge is -2.12. The molecule has 0 amide bonds. The van der Waals surface area contributed by atoms with E-state index in [1.807, 2.05) is 6.07 Å². The zero-order chi connectivity index (χ0) is 22.9. The van der Waals surface area contributed by atoms with Gasteiger partial charge in [-0.2, -0.15) is 5.10 Å². The summed E-state index contributed by atoms with van der Waals surface area (Å²) in [5, 5.41) is 12.5. The molecule has 0 saturated carbocycles. The van der Waals surface area contributed by atoms with E-state index in [1.165, 1.54) is 28.9 Å². The van der Waals surface area contributed by atoms with Gasteiger partial charge in [0, 0.05) is 23.9 Å². The molecule has 3 N–H and O–H groups in total. The molecule has 1 aromatic heterocycles. The maximum absolute atomic E-state index is 14.1. The van der Waals surface area contributed by atoms with Crippen LogP contribution in [-0.2, 0) is 10.0 Å². The maximum atomic E-state index is 14.1. The molecule has 1 heterocycles. The number of hydrogen-bond acceptors (Lipinski definition) is 4. The van der Waals surface area contributed by atoms with Gasteiger partial charge in [0.2, 0.25) is 10.0 Å². The van der Waals surface area contributed by atoms with Gasteiger partial charge in [-0.1, -0.05) is 42.5 Å². The maximum Gasteiger partial charge on any atom is 0.282 e. The van der Waals surface area contributed by atoms with Crippen LogP contribution < -0.4 is 10.5 Å². The Morgan fingerprint density at radius 2 is 1.50 bits per heavy atom. The quantitative estimate of drug-likeness (QED) is 0.437. The lowest BCUT2D eigenvalue weighted by Crippen LogP contribution is -2.11. The molecule has 0 saturated heterocycles. The predicted molar refractivity (Wildman–Crippen MR) is 120 cm³/mol. The molecule has 0 atom stereocenters. The normalized spacial score (nSPS) is 11.7. The van der Waals surface area contributed by atoms with E-state index < -0.39 is 16.4 Å². The standard InChI is InChI=1S/C23H20F2N4O2S/c1-27-17-11-7-15(8-12-17)20-21(23(24)25)28-29(18-5-3-2-4-6-18)22(20)16-9-13-19(14-10-16)32(26,30)31/h2-14,23,27H,1H3,(H2,26,30,31). The Labute approximate surface area is 184 Å². The van der Waals surface area contributed by atoms with Crippen molar-refractivity contribution < 1.29 is 17.2 Å². The molecule has 0 spiro atoms. The molecule has 3 aromatic carbocycles. The Balaban J connectivity index is 2.02. The molecule has 0 fully saturated rings. The van der Waals surface area contributed by atoms with Crippen LogP contribution in [-0.4, -0.2) is 25.2 Å². The molecular weight excluding hydrogens is 434 g/mol. The highest BCUT2D eigenvalue weighted by molar-refractivity contribution is 7.89. The summed E-state index contributed by atoms with van der Waals surface area (Å²) < 4.78 is 53.0. The number of aromatic nitrogens is 2. The van der Waals surface area contributed by atoms with Gasteiger partial charge >= 0.3 is 0 Å². The Kier molecular flexibility index (Phi) is 5.77. The number of nitrogens with zero attached hydrogens (tertiary/aromatic N) is 2. The van der Waals surface area contributed by atoms with Crippen molar-refractivity contribution in [3.8, 4) is 28.1 Å². The molecular formula is C23H20F2N4O2S. The van der Waals surface area contributed by atoms with Gasteiger partial charge in [0.1, 0.15) is 5.69 Å². The highest BCUT2D eigenvalue weighted by Crippen LogP contribution is 2.41. The second kappa shape index (κ2) is 8.52. The van der Waals surface area contributed by atoms with E-state index in [2.05, 4.69) is 10.4 Å². The van der Waals surface area contributed by atoms with Gasteiger partial charge in [-0.15, -0.1) is 0 Å². The molecule has 9 heteroatoms. The number of nitrogens with one attached hydrogen (secondary N) is 1. The SMILES string of the molecule is CNc1ccc(-c2c(C(F)F)nn(-c3ccccc3)c2-c2ccc(S(N)(=O)=O)cc2)cc1. The lowest BCUT2D eigenvalue weighted by molar-refractivity contribution is 0.146. The fraction of sp³-hybridized carbons (Fsp3) is 0.0870. The summed E-state index contributed by atoms with van der Waals surface area (Å²) in [4.78, 5) is -0.0685. The number of benzene rings is 3. The van der Waals surface area contributed by atoms with Crippen LogP contribution >= 0.6 is 0 Å². The van der Waals surface area contributed by atoms with Crippen LogP contribution in [0, 0.1) is 0 Å². The summed E-state index contributed by atoms with van der Waals surface area (Å²) in [5.41, 5.74) is 2.84. The number of alkyl halides is 2. The number of anilines is 1. The highest BCUT2D eigenvalue weighted by Gasteiger charge is 2.27. The van der Waals surface area contributed by atoms with Crippen molar-refractivity contribution in [1.29, 1.82) is 0 Å². The highest BCUT2D eigenvalue weighted by atomic mass is 32.2. The Morgan fingerprint density at radius 3 is 2.03 bits per heavy atom. The Bertz CT molecular complexity index is 1340. The number of primary sulfonamides is 1. The second-order valence-electron chi connectivity index (χ2n) is 7.05. The smallest absolute Gasteiger partial charge is 0.282 e. The number of hydrogen-bond donors (Lipinski definition) is 2. The first-order chi connectivity index (χ1) is 15.3. The molecule has 32 heavy (non-hydrogen) atoms. The number of sulfonamides is 1. The zero-order valence-electron chi connectivity index (χ0n) is 17.0. The van der Waals surface area contributed by atoms with Gasteiger partial charge in [0.15, 0.2) is 0 Å². The number of rotatable bonds is 6. The van der Waals surface area contributed by atoms with Crippen LogP contribution in [0.2, 0.25) is 0 Å². The summed E-state index contributed by atoms with van der Waals surface area (Å²) in [6, 6.07) is 21.8. The van der Waals surface area contributed by atoms with Gasteiger partial charge in [0.05, 0.1) is 16.3 Å². The zero-order valence-corrected chi connectivity index (χ0v) is 17.9. The molecule has 4 rings (SSSR count). The number of para-hydroxylation sites is 1. The van der Waals surface area contributed by atoms with Crippen molar-refractivity contribution >= 4 is 15.7 Å². The van der Waals surface area contributed by atoms with Gasteiger partial charge < -0.3 is 5.32 Å². The van der Waals surface area contributed by atoms with Crippen molar-refractivity contribution in [3.63, 3.8) is 0 Å². The van der Waals surface area contributed by atoms with Gasteiger partial charge in [0.25, 0.3) is 6.43 Å². The first-order valence-electron chi connectivity index (χ1n) is 9.67. The third-order valence-electron chi connectivity index (χ3n) is 5.04. The van der Waals surface area contributed by atoms with E-state index in [0.717, 1.165) is 5.69 Å². The van der Waals surface area contributed by atoms with Crippen LogP contribution in [0.15, 0.2) is 83.8 Å². The van der Waals surface area contributed by atoms with E-state index in [4.69, 9.17) is 5.14 Å². The minimum Gasteiger partial charge on any atom is -0.388 e. The van der Waals surface area contributed by atoms with Gasteiger partial charge in [-0.05, 0) is 42.0 Å². The van der Waals surface area contributed by atoms with Crippen molar-refractivity contribution in [2.75, 3.05) is 12.4 Å². The first kappa shape index (κ1) is 21.7. The topological polar surface area (TPSA) is 90.0 Å². The van der Waals surface area contributed by atoms with E-state index in [1.54, 1.807) is 55.6 Å². The monoisotopic (exact) mass is 454 g/mol. The Hall–Kier alpha value is -3.56. The largest absolute Gasteiger partial charge is 0.388 e. The van der Waals surface area contributed by atoms with Crippen molar-refractivity contribution in [2.24, 2.45) is 5.14 Å². The van der Waals surface area contributed by atoms with Crippen LogP contribution in [0.1, 0.15) is 12.1 Å². The van der Waals surface area contributed by atoms with Crippen molar-refractivity contribution in [2.45, 2.75) is 11.3 Å². The fourth-order valence-electron chi connectivity index (χ4n) is 3.50. The van der Waals surface area contributed by atoms with Crippen molar-refractivity contribution in [1.82, 2.24) is 9.78 Å². The summed E-state index contributed by atoms with van der Waals surface area (Å²) in [6.45, 7) is 0. The molecule has 0 aliphatic heterocycles. The molecule has 0 unspecified atom stereocenters. The van der Waals surface area contributed by atoms with Gasteiger partial charge in [-0.25, -0.2) is 27.0 Å². The third kappa shape index (κ3) is 4.12. The van der Waals surface area contributed by atoms with E-state index in [0.29, 0.717) is 22.5 Å². The summed E-state index contributed by atoms with van der Waals surface area (Å²) in [7, 11) is -2.12. The molecule has 0 aliphatic carbocycles. The van der Waals surface area contributed by atoms with Crippen LogP contribution in [0.25, 0.3) is 28.1 Å². The predicted octanol–water partition coefficient (Wildman–Crippen LogP) is 4.83. The average Bonchev–Trinajstić information content (AvgIpc) is 3.20. The molecule has 0 bridgehead atoms. The summed E-state index contributed by atoms with van der Waals surface area (Å²) in [5.74, 6) is 0. The average molecular weight is 455 g/mol. The molecule has 0 radical (unpaired) electrons. The van der Waals surface area contributed by atoms with Crippen LogP contribution in [0.4, 0.5) is 14.5 Å². The van der Waals surface area contributed by atoms with Crippen LogP contribution in [0.5, 0.6) is 0 Å². The van der Waals surface area contributed by atoms with Crippen molar-refractivity contribution in [3.05, 3.63) is 84.6 Å². The van der Waals surface area contributed by atoms with Gasteiger partial charge in [-0.3, -0.25) is 0 Å². The fourth-order valence-corrected chi connectivity index (χ4v) is 4.02. The first-order valence-corrected chi connectivity index (χ1v) is 11.2. The molecule has 4 aromatic rings. The number of nitrogens with two attached hydrogens (primary N) is 1. The second-order valence-corrected chi connectivity index (χ2v) is 8.62. The Morgan fingerprint density at radius 1 is 0.906 bits per heavy atom. The minimum absolute atomic E-state index is 0.0685. The molecule has 164 valence electrons. The minimum atomic E-state index is -3.89. The van der Waals surface area contributed by atoms with Crippen LogP contribution in [0.3, 0.4) is 0 Å². The number of halogens is 2. The molecule has 6 nitrogen and oxygen atoms in total. The lowest BCUT2D eigenvalue weighted by atomic mass is 9.98.